The fourth-order valence-electron chi connectivity index (χ4n) is 2.40. The molecule has 1 atom stereocenters. The molecule has 2 heterocycles. The molecule has 2 N–H and O–H groups in total. The van der Waals surface area contributed by atoms with Gasteiger partial charge in [0.1, 0.15) is 0 Å². The summed E-state index contributed by atoms with van der Waals surface area (Å²) in [5.74, 6) is 0. The second-order valence-electron chi connectivity index (χ2n) is 5.06. The van der Waals surface area contributed by atoms with E-state index in [1.807, 2.05) is 19.2 Å². The number of hydrogen-bond donors (Lipinski definition) is 1. The fraction of sp³-hybridized carbons (Fsp3) is 0.643. The van der Waals surface area contributed by atoms with Crippen molar-refractivity contribution < 1.29 is 0 Å². The molecule has 0 unspecified atom stereocenters. The SMILES string of the molecule is CCCN1CCN(c2ccc([C@@H](C)N)nc2)CC1. The van der Waals surface area contributed by atoms with Crippen molar-refractivity contribution >= 4 is 5.69 Å². The molecule has 4 nitrogen and oxygen atoms in total. The Bertz CT molecular complexity index is 353. The van der Waals surface area contributed by atoms with E-state index in [1.54, 1.807) is 0 Å². The van der Waals surface area contributed by atoms with Gasteiger partial charge < -0.3 is 10.6 Å². The third-order valence-electron chi connectivity index (χ3n) is 3.51. The number of piperazine rings is 1. The maximum absolute atomic E-state index is 5.81. The van der Waals surface area contributed by atoms with Gasteiger partial charge >= 0.3 is 0 Å². The lowest BCUT2D eigenvalue weighted by molar-refractivity contribution is 0.258. The number of anilines is 1. The molecular weight excluding hydrogens is 224 g/mol. The summed E-state index contributed by atoms with van der Waals surface area (Å²) in [4.78, 5) is 9.36. The predicted molar refractivity (Wildman–Crippen MR) is 75.8 cm³/mol. The van der Waals surface area contributed by atoms with Gasteiger partial charge in [0.15, 0.2) is 0 Å². The molecule has 18 heavy (non-hydrogen) atoms. The second-order valence-corrected chi connectivity index (χ2v) is 5.06. The Kier molecular flexibility index (Phi) is 4.55. The van der Waals surface area contributed by atoms with Crippen molar-refractivity contribution in [3.05, 3.63) is 24.0 Å². The summed E-state index contributed by atoms with van der Waals surface area (Å²) in [5.41, 5.74) is 7.99. The van der Waals surface area contributed by atoms with Gasteiger partial charge in [0.2, 0.25) is 0 Å². The van der Waals surface area contributed by atoms with Crippen LogP contribution in [0.25, 0.3) is 0 Å². The van der Waals surface area contributed by atoms with Crippen molar-refractivity contribution in [1.82, 2.24) is 9.88 Å². The molecule has 0 bridgehead atoms. The third kappa shape index (κ3) is 3.21. The van der Waals surface area contributed by atoms with Crippen LogP contribution in [-0.4, -0.2) is 42.6 Å². The van der Waals surface area contributed by atoms with Gasteiger partial charge in [-0.3, -0.25) is 9.88 Å². The zero-order valence-electron chi connectivity index (χ0n) is 11.5. The Balaban J connectivity index is 1.93. The quantitative estimate of drug-likeness (QED) is 0.880. The highest BCUT2D eigenvalue weighted by Crippen LogP contribution is 2.17. The minimum Gasteiger partial charge on any atom is -0.368 e. The molecule has 2 rings (SSSR count). The Morgan fingerprint density at radius 3 is 2.50 bits per heavy atom. The van der Waals surface area contributed by atoms with E-state index in [-0.39, 0.29) is 6.04 Å². The molecule has 0 saturated carbocycles. The van der Waals surface area contributed by atoms with Crippen LogP contribution in [0.4, 0.5) is 5.69 Å². The average molecular weight is 248 g/mol. The topological polar surface area (TPSA) is 45.4 Å². The lowest BCUT2D eigenvalue weighted by Crippen LogP contribution is -2.46. The van der Waals surface area contributed by atoms with Crippen LogP contribution < -0.4 is 10.6 Å². The highest BCUT2D eigenvalue weighted by atomic mass is 15.3. The summed E-state index contributed by atoms with van der Waals surface area (Å²) >= 11 is 0. The van der Waals surface area contributed by atoms with E-state index in [4.69, 9.17) is 5.73 Å². The standard InChI is InChI=1S/C14H24N4/c1-3-6-17-7-9-18(10-8-17)13-4-5-14(12(2)15)16-11-13/h4-5,11-12H,3,6-10,15H2,1-2H3/t12-/m1/s1. The molecule has 1 aliphatic heterocycles. The van der Waals surface area contributed by atoms with Crippen molar-refractivity contribution in [2.75, 3.05) is 37.6 Å². The Labute approximate surface area is 110 Å². The van der Waals surface area contributed by atoms with Crippen LogP contribution >= 0.6 is 0 Å². The van der Waals surface area contributed by atoms with E-state index in [1.165, 1.54) is 18.7 Å². The summed E-state index contributed by atoms with van der Waals surface area (Å²) in [5, 5.41) is 0. The molecule has 0 amide bonds. The molecule has 1 aromatic heterocycles. The van der Waals surface area contributed by atoms with Gasteiger partial charge in [-0.05, 0) is 32.0 Å². The molecule has 1 aromatic rings. The molecule has 100 valence electrons. The summed E-state index contributed by atoms with van der Waals surface area (Å²) in [7, 11) is 0. The van der Waals surface area contributed by atoms with E-state index in [2.05, 4.69) is 27.8 Å². The van der Waals surface area contributed by atoms with Gasteiger partial charge in [0.25, 0.3) is 0 Å². The van der Waals surface area contributed by atoms with E-state index in [0.29, 0.717) is 0 Å². The predicted octanol–water partition coefficient (Wildman–Crippen LogP) is 1.63. The first-order valence-electron chi connectivity index (χ1n) is 6.89. The number of hydrogen-bond acceptors (Lipinski definition) is 4. The van der Waals surface area contributed by atoms with Gasteiger partial charge in [-0.1, -0.05) is 6.92 Å². The Morgan fingerprint density at radius 2 is 2.00 bits per heavy atom. The zero-order valence-corrected chi connectivity index (χ0v) is 11.5. The second kappa shape index (κ2) is 6.16. The summed E-state index contributed by atoms with van der Waals surface area (Å²) in [6.45, 7) is 9.93. The molecular formula is C14H24N4. The van der Waals surface area contributed by atoms with E-state index in [9.17, 15) is 0 Å². The summed E-state index contributed by atoms with van der Waals surface area (Å²) < 4.78 is 0. The number of pyridine rings is 1. The van der Waals surface area contributed by atoms with Crippen molar-refractivity contribution in [2.24, 2.45) is 5.73 Å². The monoisotopic (exact) mass is 248 g/mol. The number of rotatable bonds is 4. The molecule has 0 aromatic carbocycles. The lowest BCUT2D eigenvalue weighted by atomic mass is 10.2. The van der Waals surface area contributed by atoms with E-state index < -0.39 is 0 Å². The third-order valence-corrected chi connectivity index (χ3v) is 3.51. The van der Waals surface area contributed by atoms with Crippen LogP contribution in [0.5, 0.6) is 0 Å². The molecule has 0 radical (unpaired) electrons. The minimum absolute atomic E-state index is 0.0143. The van der Waals surface area contributed by atoms with Crippen LogP contribution in [0.3, 0.4) is 0 Å². The number of aromatic nitrogens is 1. The van der Waals surface area contributed by atoms with Gasteiger partial charge in [0, 0.05) is 32.2 Å². The zero-order chi connectivity index (χ0) is 13.0. The molecule has 0 spiro atoms. The van der Waals surface area contributed by atoms with Gasteiger partial charge in [-0.2, -0.15) is 0 Å². The van der Waals surface area contributed by atoms with Gasteiger partial charge in [0.05, 0.1) is 17.6 Å². The fourth-order valence-corrected chi connectivity index (χ4v) is 2.40. The highest BCUT2D eigenvalue weighted by molar-refractivity contribution is 5.45. The van der Waals surface area contributed by atoms with Crippen LogP contribution in [0.1, 0.15) is 32.0 Å². The summed E-state index contributed by atoms with van der Waals surface area (Å²) in [6, 6.07) is 4.19. The van der Waals surface area contributed by atoms with Crippen LogP contribution in [0.2, 0.25) is 0 Å². The van der Waals surface area contributed by atoms with Gasteiger partial charge in [-0.15, -0.1) is 0 Å². The van der Waals surface area contributed by atoms with Crippen LogP contribution in [0, 0.1) is 0 Å². The van der Waals surface area contributed by atoms with E-state index in [0.717, 1.165) is 31.9 Å². The molecule has 1 saturated heterocycles. The number of nitrogens with zero attached hydrogens (tertiary/aromatic N) is 3. The van der Waals surface area contributed by atoms with E-state index >= 15 is 0 Å². The largest absolute Gasteiger partial charge is 0.368 e. The molecule has 4 heteroatoms. The molecule has 0 aliphatic carbocycles. The van der Waals surface area contributed by atoms with Crippen LogP contribution in [-0.2, 0) is 0 Å². The average Bonchev–Trinajstić information content (AvgIpc) is 2.40. The van der Waals surface area contributed by atoms with Crippen molar-refractivity contribution in [3.63, 3.8) is 0 Å². The first-order chi connectivity index (χ1) is 8.70. The van der Waals surface area contributed by atoms with Crippen LogP contribution in [0.15, 0.2) is 18.3 Å². The van der Waals surface area contributed by atoms with Crippen molar-refractivity contribution in [3.8, 4) is 0 Å². The minimum atomic E-state index is 0.0143. The Hall–Kier alpha value is -1.13. The van der Waals surface area contributed by atoms with Gasteiger partial charge in [-0.25, -0.2) is 0 Å². The first-order valence-corrected chi connectivity index (χ1v) is 6.89. The lowest BCUT2D eigenvalue weighted by Gasteiger charge is -2.35. The molecule has 1 aliphatic rings. The van der Waals surface area contributed by atoms with Crippen molar-refractivity contribution in [2.45, 2.75) is 26.3 Å². The number of nitrogens with two attached hydrogens (primary N) is 1. The smallest absolute Gasteiger partial charge is 0.0569 e. The maximum atomic E-state index is 5.81. The molecule has 1 fully saturated rings. The summed E-state index contributed by atoms with van der Waals surface area (Å²) in [6.07, 6.45) is 3.19. The first kappa shape index (κ1) is 13.3. The maximum Gasteiger partial charge on any atom is 0.0569 e. The normalized spacial score (nSPS) is 18.9. The highest BCUT2D eigenvalue weighted by Gasteiger charge is 2.16. The van der Waals surface area contributed by atoms with Crippen molar-refractivity contribution in [1.29, 1.82) is 0 Å². The Morgan fingerprint density at radius 1 is 1.28 bits per heavy atom.